The summed E-state index contributed by atoms with van der Waals surface area (Å²) in [6, 6.07) is 4.09. The van der Waals surface area contributed by atoms with Crippen LogP contribution in [0.2, 0.25) is 0 Å². The average Bonchev–Trinajstić information content (AvgIpc) is 3.27. The van der Waals surface area contributed by atoms with Gasteiger partial charge in [-0.15, -0.1) is 11.3 Å². The smallest absolute Gasteiger partial charge is 0.270 e. The van der Waals surface area contributed by atoms with Gasteiger partial charge in [-0.05, 0) is 26.3 Å². The van der Waals surface area contributed by atoms with Crippen molar-refractivity contribution in [3.8, 4) is 6.07 Å². The first-order chi connectivity index (χ1) is 15.6. The quantitative estimate of drug-likeness (QED) is 0.599. The molecule has 2 N–H and O–H groups in total. The molecule has 1 amide bonds. The van der Waals surface area contributed by atoms with Crippen molar-refractivity contribution < 1.29 is 14.3 Å². The maximum atomic E-state index is 12.4. The number of rotatable bonds is 7. The lowest BCUT2D eigenvalue weighted by molar-refractivity contribution is -0.0855. The molecular formula is C21H27N7O3S. The second-order valence-corrected chi connectivity index (χ2v) is 8.78. The minimum absolute atomic E-state index is 0.129. The number of hydrogen-bond acceptors (Lipinski definition) is 10. The molecular weight excluding hydrogens is 430 g/mol. The number of piperidine rings is 1. The van der Waals surface area contributed by atoms with E-state index in [1.54, 1.807) is 5.38 Å². The average molecular weight is 458 g/mol. The van der Waals surface area contributed by atoms with Crippen molar-refractivity contribution in [1.82, 2.24) is 25.2 Å². The van der Waals surface area contributed by atoms with Gasteiger partial charge in [-0.1, -0.05) is 0 Å². The Morgan fingerprint density at radius 1 is 1.38 bits per heavy atom. The Hall–Kier alpha value is -2.65. The molecule has 2 saturated heterocycles. The number of thiazole rings is 1. The molecule has 170 valence electrons. The maximum absolute atomic E-state index is 12.4. The molecule has 4 rings (SSSR count). The van der Waals surface area contributed by atoms with Gasteiger partial charge < -0.3 is 20.1 Å². The fourth-order valence-electron chi connectivity index (χ4n) is 3.84. The molecule has 2 aliphatic rings. The standard InChI is InChI=1S/C21H27N7O3S/c1-14-9-18(26-19(24-14)15-3-2-5-28(11-15)6-4-22)27-21-25-17(13-32-21)20(29)23-10-16-12-30-7-8-31-16/h9,13,15-16H,2-3,5-8,10-12H2,1H3,(H,23,29)(H,24,25,26,27)/t15-,16+/m1/s1. The van der Waals surface area contributed by atoms with Crippen LogP contribution in [0.15, 0.2) is 11.4 Å². The lowest BCUT2D eigenvalue weighted by Crippen LogP contribution is -2.39. The summed E-state index contributed by atoms with van der Waals surface area (Å²) in [5.74, 6) is 1.38. The predicted molar refractivity (Wildman–Crippen MR) is 119 cm³/mol. The monoisotopic (exact) mass is 457 g/mol. The number of nitrogens with one attached hydrogen (secondary N) is 2. The lowest BCUT2D eigenvalue weighted by Gasteiger charge is -2.30. The zero-order chi connectivity index (χ0) is 22.3. The SMILES string of the molecule is Cc1cc(Nc2nc(C(=O)NC[C@H]3COCCO3)cs2)nc([C@@H]2CCCN(CC#N)C2)n1. The first-order valence-electron chi connectivity index (χ1n) is 10.8. The van der Waals surface area contributed by atoms with Crippen LogP contribution in [-0.2, 0) is 9.47 Å². The lowest BCUT2D eigenvalue weighted by atomic mass is 9.97. The van der Waals surface area contributed by atoms with Crippen LogP contribution >= 0.6 is 11.3 Å². The third-order valence-electron chi connectivity index (χ3n) is 5.38. The highest BCUT2D eigenvalue weighted by Crippen LogP contribution is 2.27. The molecule has 0 spiro atoms. The molecule has 2 aliphatic heterocycles. The van der Waals surface area contributed by atoms with Gasteiger partial charge in [0.15, 0.2) is 5.13 Å². The van der Waals surface area contributed by atoms with E-state index in [1.165, 1.54) is 11.3 Å². The number of ether oxygens (including phenoxy) is 2. The zero-order valence-electron chi connectivity index (χ0n) is 18.0. The van der Waals surface area contributed by atoms with Crippen molar-refractivity contribution >= 4 is 28.2 Å². The van der Waals surface area contributed by atoms with Gasteiger partial charge in [0.05, 0.1) is 38.5 Å². The topological polar surface area (TPSA) is 125 Å². The van der Waals surface area contributed by atoms with Crippen molar-refractivity contribution in [1.29, 1.82) is 5.26 Å². The molecule has 0 aliphatic carbocycles. The molecule has 0 unspecified atom stereocenters. The highest BCUT2D eigenvalue weighted by Gasteiger charge is 2.24. The number of hydrogen-bond donors (Lipinski definition) is 2. The Morgan fingerprint density at radius 2 is 2.28 bits per heavy atom. The fraction of sp³-hybridized carbons (Fsp3) is 0.571. The first kappa shape index (κ1) is 22.5. The fourth-order valence-corrected chi connectivity index (χ4v) is 4.54. The molecule has 10 nitrogen and oxygen atoms in total. The number of aryl methyl sites for hydroxylation is 1. The molecule has 2 atom stereocenters. The number of amides is 1. The number of aromatic nitrogens is 3. The summed E-state index contributed by atoms with van der Waals surface area (Å²) < 4.78 is 10.9. The van der Waals surface area contributed by atoms with E-state index in [0.717, 1.165) is 37.4 Å². The molecule has 0 radical (unpaired) electrons. The van der Waals surface area contributed by atoms with E-state index < -0.39 is 0 Å². The number of nitrogens with zero attached hydrogens (tertiary/aromatic N) is 5. The number of nitriles is 1. The van der Waals surface area contributed by atoms with E-state index in [0.29, 0.717) is 49.6 Å². The van der Waals surface area contributed by atoms with Gasteiger partial charge in [-0.25, -0.2) is 15.0 Å². The van der Waals surface area contributed by atoms with Gasteiger partial charge >= 0.3 is 0 Å². The summed E-state index contributed by atoms with van der Waals surface area (Å²) in [7, 11) is 0. The number of likely N-dealkylation sites (tertiary alicyclic amines) is 1. The van der Waals surface area contributed by atoms with Gasteiger partial charge in [-0.3, -0.25) is 9.69 Å². The van der Waals surface area contributed by atoms with Crippen LogP contribution in [0.3, 0.4) is 0 Å². The van der Waals surface area contributed by atoms with Crippen LogP contribution in [0, 0.1) is 18.3 Å². The van der Waals surface area contributed by atoms with Gasteiger partial charge in [-0.2, -0.15) is 5.26 Å². The molecule has 2 aromatic heterocycles. The van der Waals surface area contributed by atoms with Crippen molar-refractivity contribution in [3.63, 3.8) is 0 Å². The van der Waals surface area contributed by atoms with Crippen LogP contribution in [0.5, 0.6) is 0 Å². The van der Waals surface area contributed by atoms with Gasteiger partial charge in [0, 0.05) is 36.1 Å². The number of carbonyl (C=O) groups is 1. The van der Waals surface area contributed by atoms with Crippen molar-refractivity contribution in [2.75, 3.05) is 51.3 Å². The molecule has 0 bridgehead atoms. The minimum Gasteiger partial charge on any atom is -0.376 e. The largest absolute Gasteiger partial charge is 0.376 e. The van der Waals surface area contributed by atoms with E-state index in [-0.39, 0.29) is 17.9 Å². The zero-order valence-corrected chi connectivity index (χ0v) is 18.9. The Morgan fingerprint density at radius 3 is 3.09 bits per heavy atom. The highest BCUT2D eigenvalue weighted by molar-refractivity contribution is 7.14. The van der Waals surface area contributed by atoms with Crippen LogP contribution in [0.25, 0.3) is 0 Å². The summed E-state index contributed by atoms with van der Waals surface area (Å²) in [6.07, 6.45) is 1.90. The summed E-state index contributed by atoms with van der Waals surface area (Å²) >= 11 is 1.34. The molecule has 2 fully saturated rings. The van der Waals surface area contributed by atoms with E-state index in [2.05, 4.69) is 31.6 Å². The van der Waals surface area contributed by atoms with Crippen LogP contribution in [0.1, 0.15) is 40.8 Å². The first-order valence-corrected chi connectivity index (χ1v) is 11.6. The molecule has 0 aromatic carbocycles. The normalized spacial score (nSPS) is 21.6. The summed E-state index contributed by atoms with van der Waals surface area (Å²) in [5.41, 5.74) is 1.21. The minimum atomic E-state index is -0.247. The molecule has 0 saturated carbocycles. The molecule has 2 aromatic rings. The second-order valence-electron chi connectivity index (χ2n) is 7.93. The Kier molecular flexibility index (Phi) is 7.59. The Bertz CT molecular complexity index is 971. The molecule has 11 heteroatoms. The third-order valence-corrected chi connectivity index (χ3v) is 6.14. The second kappa shape index (κ2) is 10.8. The van der Waals surface area contributed by atoms with E-state index in [1.807, 2.05) is 13.0 Å². The van der Waals surface area contributed by atoms with E-state index in [9.17, 15) is 4.79 Å². The van der Waals surface area contributed by atoms with Gasteiger partial charge in [0.25, 0.3) is 5.91 Å². The van der Waals surface area contributed by atoms with Crippen LogP contribution < -0.4 is 10.6 Å². The van der Waals surface area contributed by atoms with E-state index >= 15 is 0 Å². The number of anilines is 2. The summed E-state index contributed by atoms with van der Waals surface area (Å²) in [4.78, 5) is 28.3. The van der Waals surface area contributed by atoms with Crippen LogP contribution in [-0.4, -0.2) is 77.9 Å². The van der Waals surface area contributed by atoms with Crippen molar-refractivity contribution in [2.24, 2.45) is 0 Å². The highest BCUT2D eigenvalue weighted by atomic mass is 32.1. The molecule has 32 heavy (non-hydrogen) atoms. The maximum Gasteiger partial charge on any atom is 0.270 e. The summed E-state index contributed by atoms with van der Waals surface area (Å²) in [5, 5.41) is 17.3. The summed E-state index contributed by atoms with van der Waals surface area (Å²) in [6.45, 7) is 6.09. The van der Waals surface area contributed by atoms with Crippen molar-refractivity contribution in [3.05, 3.63) is 28.7 Å². The van der Waals surface area contributed by atoms with E-state index in [4.69, 9.17) is 19.7 Å². The van der Waals surface area contributed by atoms with Gasteiger partial charge in [0.1, 0.15) is 17.3 Å². The van der Waals surface area contributed by atoms with Crippen molar-refractivity contribution in [2.45, 2.75) is 31.8 Å². The molecule has 4 heterocycles. The third kappa shape index (κ3) is 5.98. The Balaban J connectivity index is 1.37. The van der Waals surface area contributed by atoms with Crippen LogP contribution in [0.4, 0.5) is 10.9 Å². The predicted octanol–water partition coefficient (Wildman–Crippen LogP) is 1.83. The van der Waals surface area contributed by atoms with Gasteiger partial charge in [0.2, 0.25) is 0 Å². The Labute approximate surface area is 191 Å². The number of carbonyl (C=O) groups excluding carboxylic acids is 1.